The van der Waals surface area contributed by atoms with E-state index in [1.165, 1.54) is 5.56 Å². The van der Waals surface area contributed by atoms with Crippen molar-refractivity contribution in [2.75, 3.05) is 12.8 Å². The number of hydrogen-bond acceptors (Lipinski definition) is 2. The van der Waals surface area contributed by atoms with E-state index in [1.54, 1.807) is 0 Å². The van der Waals surface area contributed by atoms with Gasteiger partial charge in [-0.15, -0.1) is 11.8 Å². The topological polar surface area (TPSA) is 12.0 Å². The first-order chi connectivity index (χ1) is 9.79. The van der Waals surface area contributed by atoms with Crippen molar-refractivity contribution in [1.29, 1.82) is 0 Å². The summed E-state index contributed by atoms with van der Waals surface area (Å²) in [6, 6.07) is 19.2. The van der Waals surface area contributed by atoms with E-state index in [0.717, 1.165) is 28.5 Å². The maximum absolute atomic E-state index is 6.18. The lowest BCUT2D eigenvalue weighted by Gasteiger charge is -2.16. The van der Waals surface area contributed by atoms with Gasteiger partial charge in [-0.25, -0.2) is 0 Å². The summed E-state index contributed by atoms with van der Waals surface area (Å²) in [5, 5.41) is 4.24. The standard InChI is InChI=1S/C17H20ClNS/c1-19-15(12-11-14-7-3-2-4-8-14)13-20-17-10-6-5-9-16(17)18/h2-10,15,19H,11-13H2,1H3. The van der Waals surface area contributed by atoms with Crippen LogP contribution in [0.1, 0.15) is 12.0 Å². The molecule has 0 aliphatic rings. The van der Waals surface area contributed by atoms with Gasteiger partial charge in [-0.05, 0) is 37.6 Å². The van der Waals surface area contributed by atoms with Crippen LogP contribution in [0.3, 0.4) is 0 Å². The normalized spacial score (nSPS) is 12.3. The van der Waals surface area contributed by atoms with Gasteiger partial charge in [-0.2, -0.15) is 0 Å². The second kappa shape index (κ2) is 8.35. The highest BCUT2D eigenvalue weighted by molar-refractivity contribution is 7.99. The monoisotopic (exact) mass is 305 g/mol. The molecule has 0 aliphatic heterocycles. The summed E-state index contributed by atoms with van der Waals surface area (Å²) in [5.41, 5.74) is 1.40. The molecule has 0 bridgehead atoms. The van der Waals surface area contributed by atoms with Crippen molar-refractivity contribution in [3.8, 4) is 0 Å². The molecule has 0 spiro atoms. The van der Waals surface area contributed by atoms with E-state index in [9.17, 15) is 0 Å². The highest BCUT2D eigenvalue weighted by Gasteiger charge is 2.08. The zero-order chi connectivity index (χ0) is 14.2. The molecule has 0 saturated heterocycles. The van der Waals surface area contributed by atoms with Crippen molar-refractivity contribution in [1.82, 2.24) is 5.32 Å². The van der Waals surface area contributed by atoms with E-state index in [2.05, 4.69) is 41.7 Å². The molecule has 2 rings (SSSR count). The Morgan fingerprint density at radius 3 is 2.45 bits per heavy atom. The molecule has 1 atom stereocenters. The van der Waals surface area contributed by atoms with Gasteiger partial charge < -0.3 is 5.32 Å². The Hall–Kier alpha value is -0.960. The van der Waals surface area contributed by atoms with E-state index in [-0.39, 0.29) is 0 Å². The first-order valence-corrected chi connectivity index (χ1v) is 8.24. The van der Waals surface area contributed by atoms with E-state index >= 15 is 0 Å². The first kappa shape index (κ1) is 15.4. The smallest absolute Gasteiger partial charge is 0.0541 e. The molecular formula is C17H20ClNS. The van der Waals surface area contributed by atoms with Gasteiger partial charge in [-0.3, -0.25) is 0 Å². The van der Waals surface area contributed by atoms with Gasteiger partial charge in [0.1, 0.15) is 0 Å². The summed E-state index contributed by atoms with van der Waals surface area (Å²) in [7, 11) is 2.03. The minimum atomic E-state index is 0.497. The molecule has 2 aromatic rings. The van der Waals surface area contributed by atoms with Crippen LogP contribution >= 0.6 is 23.4 Å². The molecule has 2 aromatic carbocycles. The van der Waals surface area contributed by atoms with E-state index in [4.69, 9.17) is 11.6 Å². The van der Waals surface area contributed by atoms with Crippen molar-refractivity contribution in [2.45, 2.75) is 23.8 Å². The quantitative estimate of drug-likeness (QED) is 0.747. The van der Waals surface area contributed by atoms with Crippen LogP contribution < -0.4 is 5.32 Å². The Balaban J connectivity index is 1.82. The van der Waals surface area contributed by atoms with Crippen molar-refractivity contribution in [3.63, 3.8) is 0 Å². The van der Waals surface area contributed by atoms with E-state index < -0.39 is 0 Å². The molecule has 1 N–H and O–H groups in total. The zero-order valence-corrected chi connectivity index (χ0v) is 13.3. The average molecular weight is 306 g/mol. The molecule has 106 valence electrons. The molecule has 0 saturated carbocycles. The summed E-state index contributed by atoms with van der Waals surface area (Å²) in [4.78, 5) is 1.16. The van der Waals surface area contributed by atoms with Gasteiger partial charge in [0.05, 0.1) is 5.02 Å². The number of aryl methyl sites for hydroxylation is 1. The SMILES string of the molecule is CNC(CCc1ccccc1)CSc1ccccc1Cl. The molecule has 0 fully saturated rings. The van der Waals surface area contributed by atoms with Crippen LogP contribution in [0.4, 0.5) is 0 Å². The third-order valence-electron chi connectivity index (χ3n) is 3.31. The molecule has 0 amide bonds. The van der Waals surface area contributed by atoms with Crippen molar-refractivity contribution in [3.05, 3.63) is 65.2 Å². The summed E-state index contributed by atoms with van der Waals surface area (Å²) in [6.45, 7) is 0. The van der Waals surface area contributed by atoms with Crippen LogP contribution in [0.5, 0.6) is 0 Å². The zero-order valence-electron chi connectivity index (χ0n) is 11.7. The number of thioether (sulfide) groups is 1. The highest BCUT2D eigenvalue weighted by atomic mass is 35.5. The van der Waals surface area contributed by atoms with Crippen molar-refractivity contribution in [2.24, 2.45) is 0 Å². The Morgan fingerprint density at radius 1 is 1.05 bits per heavy atom. The maximum atomic E-state index is 6.18. The summed E-state index contributed by atoms with van der Waals surface area (Å²) < 4.78 is 0. The molecule has 20 heavy (non-hydrogen) atoms. The average Bonchev–Trinajstić information content (AvgIpc) is 2.50. The highest BCUT2D eigenvalue weighted by Crippen LogP contribution is 2.27. The number of benzene rings is 2. The van der Waals surface area contributed by atoms with Crippen LogP contribution in [-0.2, 0) is 6.42 Å². The molecule has 0 radical (unpaired) electrons. The molecule has 0 aromatic heterocycles. The largest absolute Gasteiger partial charge is 0.316 e. The minimum absolute atomic E-state index is 0.497. The van der Waals surface area contributed by atoms with Crippen molar-refractivity contribution >= 4 is 23.4 Å². The van der Waals surface area contributed by atoms with Gasteiger partial charge in [-0.1, -0.05) is 54.1 Å². The molecule has 0 heterocycles. The predicted molar refractivity (Wildman–Crippen MR) is 89.8 cm³/mol. The Kier molecular flexibility index (Phi) is 6.44. The number of hydrogen-bond donors (Lipinski definition) is 1. The number of halogens is 1. The van der Waals surface area contributed by atoms with Crippen LogP contribution in [0.25, 0.3) is 0 Å². The second-order valence-electron chi connectivity index (χ2n) is 4.75. The van der Waals surface area contributed by atoms with Crippen molar-refractivity contribution < 1.29 is 0 Å². The van der Waals surface area contributed by atoms with E-state index in [0.29, 0.717) is 6.04 Å². The minimum Gasteiger partial charge on any atom is -0.316 e. The molecule has 1 unspecified atom stereocenters. The Labute approximate surface area is 130 Å². The summed E-state index contributed by atoms with van der Waals surface area (Å²) in [6.07, 6.45) is 2.24. The van der Waals surface area contributed by atoms with Gasteiger partial charge in [0, 0.05) is 16.7 Å². The van der Waals surface area contributed by atoms with Gasteiger partial charge in [0.15, 0.2) is 0 Å². The molecular weight excluding hydrogens is 286 g/mol. The molecule has 1 nitrogen and oxygen atoms in total. The van der Waals surface area contributed by atoms with Gasteiger partial charge >= 0.3 is 0 Å². The lowest BCUT2D eigenvalue weighted by molar-refractivity contribution is 0.573. The third-order valence-corrected chi connectivity index (χ3v) is 4.99. The van der Waals surface area contributed by atoms with Crippen LogP contribution in [0, 0.1) is 0 Å². The summed E-state index contributed by atoms with van der Waals surface area (Å²) >= 11 is 8.00. The van der Waals surface area contributed by atoms with Crippen LogP contribution in [0.2, 0.25) is 5.02 Å². The lowest BCUT2D eigenvalue weighted by Crippen LogP contribution is -2.28. The lowest BCUT2D eigenvalue weighted by atomic mass is 10.1. The van der Waals surface area contributed by atoms with E-state index in [1.807, 2.05) is 37.0 Å². The molecule has 0 aliphatic carbocycles. The Bertz CT molecular complexity index is 515. The second-order valence-corrected chi connectivity index (χ2v) is 6.22. The maximum Gasteiger partial charge on any atom is 0.0541 e. The third kappa shape index (κ3) is 4.86. The first-order valence-electron chi connectivity index (χ1n) is 6.88. The van der Waals surface area contributed by atoms with Crippen LogP contribution in [0.15, 0.2) is 59.5 Å². The fraction of sp³-hybridized carbons (Fsp3) is 0.294. The summed E-state index contributed by atoms with van der Waals surface area (Å²) in [5.74, 6) is 1.03. The fourth-order valence-corrected chi connectivity index (χ4v) is 3.44. The predicted octanol–water partition coefficient (Wildman–Crippen LogP) is 4.65. The Morgan fingerprint density at radius 2 is 1.75 bits per heavy atom. The number of rotatable bonds is 7. The number of nitrogens with one attached hydrogen (secondary N) is 1. The van der Waals surface area contributed by atoms with Crippen LogP contribution in [-0.4, -0.2) is 18.8 Å². The van der Waals surface area contributed by atoms with Gasteiger partial charge in [0.25, 0.3) is 0 Å². The van der Waals surface area contributed by atoms with Gasteiger partial charge in [0.2, 0.25) is 0 Å². The fourth-order valence-electron chi connectivity index (χ4n) is 2.05. The molecule has 3 heteroatoms.